The predicted molar refractivity (Wildman–Crippen MR) is 88.6 cm³/mol. The first-order valence-corrected chi connectivity index (χ1v) is 9.24. The molecule has 1 aromatic heterocycles. The molecule has 1 saturated carbocycles. The van der Waals surface area contributed by atoms with Crippen LogP contribution in [0.3, 0.4) is 0 Å². The molecule has 2 aromatic rings. The standard InChI is InChI=1S/C17H19FN2O3S/c1-12-2-6-15(18)8-16(12)24(21,22)20-17-7-5-14(9-19-17)11-23-10-13-3-4-13/h2,5-9,13H,3-4,10-11H2,1H3,(H,19,20). The van der Waals surface area contributed by atoms with E-state index in [0.29, 0.717) is 18.1 Å². The van der Waals surface area contributed by atoms with Crippen LogP contribution in [0.5, 0.6) is 0 Å². The lowest BCUT2D eigenvalue weighted by atomic mass is 10.2. The first-order chi connectivity index (χ1) is 11.4. The Morgan fingerprint density at radius 1 is 1.29 bits per heavy atom. The Kier molecular flexibility index (Phi) is 4.82. The van der Waals surface area contributed by atoms with E-state index >= 15 is 0 Å². The third-order valence-corrected chi connectivity index (χ3v) is 5.32. The Bertz CT molecular complexity index is 818. The normalized spacial score (nSPS) is 14.6. The van der Waals surface area contributed by atoms with Gasteiger partial charge in [0, 0.05) is 12.8 Å². The van der Waals surface area contributed by atoms with Crippen molar-refractivity contribution in [3.8, 4) is 0 Å². The van der Waals surface area contributed by atoms with Crippen LogP contribution in [0.1, 0.15) is 24.0 Å². The molecular weight excluding hydrogens is 331 g/mol. The Balaban J connectivity index is 1.66. The van der Waals surface area contributed by atoms with Crippen LogP contribution in [0.15, 0.2) is 41.4 Å². The molecule has 0 amide bonds. The molecule has 0 radical (unpaired) electrons. The third kappa shape index (κ3) is 4.30. The van der Waals surface area contributed by atoms with Crippen LogP contribution in [-0.4, -0.2) is 20.0 Å². The van der Waals surface area contributed by atoms with Gasteiger partial charge >= 0.3 is 0 Å². The number of ether oxygens (including phenoxy) is 1. The van der Waals surface area contributed by atoms with Gasteiger partial charge in [0.05, 0.1) is 11.5 Å². The second kappa shape index (κ2) is 6.86. The van der Waals surface area contributed by atoms with E-state index in [1.807, 2.05) is 0 Å². The van der Waals surface area contributed by atoms with E-state index in [9.17, 15) is 12.8 Å². The molecule has 0 bridgehead atoms. The maximum Gasteiger partial charge on any atom is 0.263 e. The summed E-state index contributed by atoms with van der Waals surface area (Å²) in [5.74, 6) is 0.278. The molecule has 1 aliphatic rings. The van der Waals surface area contributed by atoms with E-state index < -0.39 is 15.8 Å². The van der Waals surface area contributed by atoms with Gasteiger partial charge < -0.3 is 4.74 Å². The van der Waals surface area contributed by atoms with Gasteiger partial charge in [-0.15, -0.1) is 0 Å². The molecule has 0 aliphatic heterocycles. The van der Waals surface area contributed by atoms with Crippen LogP contribution in [-0.2, 0) is 21.4 Å². The largest absolute Gasteiger partial charge is 0.376 e. The highest BCUT2D eigenvalue weighted by Gasteiger charge is 2.21. The summed E-state index contributed by atoms with van der Waals surface area (Å²) in [6, 6.07) is 6.98. The monoisotopic (exact) mass is 350 g/mol. The van der Waals surface area contributed by atoms with Crippen molar-refractivity contribution in [1.29, 1.82) is 0 Å². The van der Waals surface area contributed by atoms with Crippen LogP contribution in [0.4, 0.5) is 10.2 Å². The minimum Gasteiger partial charge on any atom is -0.376 e. The van der Waals surface area contributed by atoms with Crippen molar-refractivity contribution in [2.75, 3.05) is 11.3 Å². The van der Waals surface area contributed by atoms with Crippen LogP contribution >= 0.6 is 0 Å². The molecule has 0 spiro atoms. The number of halogens is 1. The van der Waals surface area contributed by atoms with Gasteiger partial charge in [0.25, 0.3) is 10.0 Å². The van der Waals surface area contributed by atoms with Gasteiger partial charge in [0.1, 0.15) is 11.6 Å². The highest BCUT2D eigenvalue weighted by atomic mass is 32.2. The Hall–Kier alpha value is -1.99. The van der Waals surface area contributed by atoms with E-state index in [1.54, 1.807) is 25.3 Å². The summed E-state index contributed by atoms with van der Waals surface area (Å²) in [4.78, 5) is 3.99. The average molecular weight is 350 g/mol. The molecule has 1 fully saturated rings. The zero-order chi connectivity index (χ0) is 17.2. The van der Waals surface area contributed by atoms with Crippen molar-refractivity contribution >= 4 is 15.8 Å². The lowest BCUT2D eigenvalue weighted by Gasteiger charge is -2.10. The number of aryl methyl sites for hydroxylation is 1. The van der Waals surface area contributed by atoms with E-state index in [1.165, 1.54) is 25.0 Å². The first-order valence-electron chi connectivity index (χ1n) is 7.76. The highest BCUT2D eigenvalue weighted by molar-refractivity contribution is 7.92. The molecular formula is C17H19FN2O3S. The van der Waals surface area contributed by atoms with Crippen LogP contribution < -0.4 is 4.72 Å². The summed E-state index contributed by atoms with van der Waals surface area (Å²) in [6.07, 6.45) is 4.04. The minimum absolute atomic E-state index is 0.0962. The number of nitrogens with zero attached hydrogens (tertiary/aromatic N) is 1. The van der Waals surface area contributed by atoms with Gasteiger partial charge in [-0.2, -0.15) is 0 Å². The lowest BCUT2D eigenvalue weighted by molar-refractivity contribution is 0.111. The number of hydrogen-bond acceptors (Lipinski definition) is 4. The van der Waals surface area contributed by atoms with Gasteiger partial charge in [-0.25, -0.2) is 17.8 Å². The maximum atomic E-state index is 13.3. The number of benzene rings is 1. The average Bonchev–Trinajstić information content (AvgIpc) is 3.35. The van der Waals surface area contributed by atoms with Gasteiger partial charge in [0.2, 0.25) is 0 Å². The van der Waals surface area contributed by atoms with E-state index in [4.69, 9.17) is 4.74 Å². The van der Waals surface area contributed by atoms with Crippen molar-refractivity contribution < 1.29 is 17.5 Å². The highest BCUT2D eigenvalue weighted by Crippen LogP contribution is 2.29. The molecule has 0 unspecified atom stereocenters. The van der Waals surface area contributed by atoms with Crippen molar-refractivity contribution in [2.45, 2.75) is 31.3 Å². The zero-order valence-corrected chi connectivity index (χ0v) is 14.1. The Labute approximate surface area is 140 Å². The molecule has 128 valence electrons. The van der Waals surface area contributed by atoms with E-state index in [2.05, 4.69) is 9.71 Å². The zero-order valence-electron chi connectivity index (χ0n) is 13.3. The molecule has 0 saturated heterocycles. The molecule has 5 nitrogen and oxygen atoms in total. The smallest absolute Gasteiger partial charge is 0.263 e. The number of anilines is 1. The summed E-state index contributed by atoms with van der Waals surface area (Å²) in [5, 5.41) is 0. The van der Waals surface area contributed by atoms with E-state index in [-0.39, 0.29) is 10.7 Å². The van der Waals surface area contributed by atoms with Gasteiger partial charge in [0.15, 0.2) is 0 Å². The van der Waals surface area contributed by atoms with Crippen LogP contribution in [0.25, 0.3) is 0 Å². The molecule has 1 N–H and O–H groups in total. The van der Waals surface area contributed by atoms with Crippen LogP contribution in [0, 0.1) is 18.7 Å². The second-order valence-corrected chi connectivity index (χ2v) is 7.68. The predicted octanol–water partition coefficient (Wildman–Crippen LogP) is 3.26. The third-order valence-electron chi connectivity index (χ3n) is 3.82. The summed E-state index contributed by atoms with van der Waals surface area (Å²) in [5.41, 5.74) is 1.34. The molecule has 1 aromatic carbocycles. The molecule has 7 heteroatoms. The fourth-order valence-electron chi connectivity index (χ4n) is 2.25. The number of aromatic nitrogens is 1. The van der Waals surface area contributed by atoms with Crippen molar-refractivity contribution in [3.63, 3.8) is 0 Å². The van der Waals surface area contributed by atoms with Crippen LogP contribution in [0.2, 0.25) is 0 Å². The first kappa shape index (κ1) is 16.9. The van der Waals surface area contributed by atoms with Gasteiger partial charge in [-0.05, 0) is 55.0 Å². The summed E-state index contributed by atoms with van der Waals surface area (Å²) in [6.45, 7) is 2.83. The second-order valence-electron chi connectivity index (χ2n) is 6.03. The molecule has 0 atom stereocenters. The van der Waals surface area contributed by atoms with Crippen molar-refractivity contribution in [1.82, 2.24) is 4.98 Å². The SMILES string of the molecule is Cc1ccc(F)cc1S(=O)(=O)Nc1ccc(COCC2CC2)cn1. The Morgan fingerprint density at radius 3 is 2.75 bits per heavy atom. The van der Waals surface area contributed by atoms with Gasteiger partial charge in [-0.1, -0.05) is 12.1 Å². The summed E-state index contributed by atoms with van der Waals surface area (Å²) in [7, 11) is -3.88. The van der Waals surface area contributed by atoms with Crippen molar-refractivity contribution in [2.24, 2.45) is 5.92 Å². The maximum absolute atomic E-state index is 13.3. The Morgan fingerprint density at radius 2 is 2.08 bits per heavy atom. The summed E-state index contributed by atoms with van der Waals surface area (Å²) >= 11 is 0. The van der Waals surface area contributed by atoms with Gasteiger partial charge in [-0.3, -0.25) is 4.72 Å². The fourth-order valence-corrected chi connectivity index (χ4v) is 3.52. The molecule has 3 rings (SSSR count). The lowest BCUT2D eigenvalue weighted by Crippen LogP contribution is -2.15. The molecule has 1 heterocycles. The quantitative estimate of drug-likeness (QED) is 0.832. The number of rotatable bonds is 7. The van der Waals surface area contributed by atoms with E-state index in [0.717, 1.165) is 18.2 Å². The molecule has 1 aliphatic carbocycles. The minimum atomic E-state index is -3.88. The number of hydrogen-bond donors (Lipinski definition) is 1. The fraction of sp³-hybridized carbons (Fsp3) is 0.353. The number of nitrogens with one attached hydrogen (secondary N) is 1. The van der Waals surface area contributed by atoms with Crippen molar-refractivity contribution in [3.05, 3.63) is 53.5 Å². The summed E-state index contributed by atoms with van der Waals surface area (Å²) < 4.78 is 46.0. The molecule has 24 heavy (non-hydrogen) atoms. The number of pyridine rings is 1. The number of sulfonamides is 1. The topological polar surface area (TPSA) is 68.3 Å².